The molecule has 6 nitrogen and oxygen atoms in total. The summed E-state index contributed by atoms with van der Waals surface area (Å²) in [5.41, 5.74) is 7.20. The first-order valence-electron chi connectivity index (χ1n) is 8.80. The minimum atomic E-state index is 0.488. The zero-order chi connectivity index (χ0) is 18.6. The molecule has 0 fully saturated rings. The molecular formula is C21H20N6. The number of hydrogen-bond donors (Lipinski definition) is 2. The quantitative estimate of drug-likeness (QED) is 0.561. The van der Waals surface area contributed by atoms with Crippen molar-refractivity contribution in [3.8, 4) is 22.5 Å². The zero-order valence-corrected chi connectivity index (χ0v) is 15.3. The van der Waals surface area contributed by atoms with Crippen LogP contribution in [0.4, 0.5) is 5.95 Å². The van der Waals surface area contributed by atoms with Crippen molar-refractivity contribution in [3.63, 3.8) is 0 Å². The molecular weight excluding hydrogens is 336 g/mol. The molecule has 134 valence electrons. The van der Waals surface area contributed by atoms with Gasteiger partial charge < -0.3 is 5.32 Å². The summed E-state index contributed by atoms with van der Waals surface area (Å²) in [6.45, 7) is 4.67. The van der Waals surface area contributed by atoms with Crippen molar-refractivity contribution in [3.05, 3.63) is 77.6 Å². The molecule has 0 atom stereocenters. The monoisotopic (exact) mass is 356 g/mol. The van der Waals surface area contributed by atoms with Gasteiger partial charge >= 0.3 is 0 Å². The molecule has 0 unspecified atom stereocenters. The summed E-state index contributed by atoms with van der Waals surface area (Å²) in [6, 6.07) is 18.4. The number of hydrogen-bond acceptors (Lipinski definition) is 5. The Morgan fingerprint density at radius 3 is 2.59 bits per heavy atom. The van der Waals surface area contributed by atoms with Gasteiger partial charge in [0.1, 0.15) is 0 Å². The molecule has 2 aromatic carbocycles. The average Bonchev–Trinajstić information content (AvgIpc) is 3.17. The number of benzene rings is 2. The first-order chi connectivity index (χ1) is 13.2. The van der Waals surface area contributed by atoms with Crippen LogP contribution in [0, 0.1) is 13.8 Å². The van der Waals surface area contributed by atoms with Gasteiger partial charge in [0, 0.05) is 11.1 Å². The first kappa shape index (κ1) is 16.9. The van der Waals surface area contributed by atoms with Gasteiger partial charge in [-0.2, -0.15) is 10.2 Å². The predicted octanol–water partition coefficient (Wildman–Crippen LogP) is 4.16. The van der Waals surface area contributed by atoms with Gasteiger partial charge in [-0.25, -0.2) is 4.98 Å². The topological polar surface area (TPSA) is 79.4 Å². The van der Waals surface area contributed by atoms with E-state index in [-0.39, 0.29) is 0 Å². The molecule has 0 bridgehead atoms. The van der Waals surface area contributed by atoms with E-state index in [9.17, 15) is 0 Å². The van der Waals surface area contributed by atoms with Gasteiger partial charge in [0.2, 0.25) is 5.95 Å². The molecule has 0 aliphatic carbocycles. The Labute approximate surface area is 157 Å². The number of aromatic nitrogens is 5. The Bertz CT molecular complexity index is 1050. The van der Waals surface area contributed by atoms with Crippen LogP contribution in [0.1, 0.15) is 16.8 Å². The largest absolute Gasteiger partial charge is 0.347 e. The number of aromatic amines is 1. The third-order valence-electron chi connectivity index (χ3n) is 4.40. The summed E-state index contributed by atoms with van der Waals surface area (Å²) >= 11 is 0. The SMILES string of the molecule is Cc1ccc(-c2cc(CNc3nncc(-c4ccccc4C)n3)[nH]n2)cc1. The lowest BCUT2D eigenvalue weighted by Gasteiger charge is -2.06. The second-order valence-electron chi connectivity index (χ2n) is 6.48. The normalized spacial score (nSPS) is 10.7. The highest BCUT2D eigenvalue weighted by atomic mass is 15.2. The highest BCUT2D eigenvalue weighted by Crippen LogP contribution is 2.21. The van der Waals surface area contributed by atoms with Gasteiger partial charge in [0.25, 0.3) is 0 Å². The summed E-state index contributed by atoms with van der Waals surface area (Å²) in [5, 5.41) is 18.8. The first-order valence-corrected chi connectivity index (χ1v) is 8.80. The van der Waals surface area contributed by atoms with E-state index in [0.717, 1.165) is 33.8 Å². The number of aryl methyl sites for hydroxylation is 2. The van der Waals surface area contributed by atoms with E-state index in [0.29, 0.717) is 12.5 Å². The van der Waals surface area contributed by atoms with Crippen molar-refractivity contribution in [2.45, 2.75) is 20.4 Å². The Hall–Kier alpha value is -3.54. The molecule has 4 rings (SSSR count). The van der Waals surface area contributed by atoms with Gasteiger partial charge in [-0.1, -0.05) is 54.1 Å². The molecule has 0 radical (unpaired) electrons. The lowest BCUT2D eigenvalue weighted by Crippen LogP contribution is -2.05. The third-order valence-corrected chi connectivity index (χ3v) is 4.40. The molecule has 4 aromatic rings. The van der Waals surface area contributed by atoms with Crippen molar-refractivity contribution in [2.24, 2.45) is 0 Å². The van der Waals surface area contributed by atoms with Crippen molar-refractivity contribution in [1.29, 1.82) is 0 Å². The van der Waals surface area contributed by atoms with Crippen LogP contribution in [0.5, 0.6) is 0 Å². The zero-order valence-electron chi connectivity index (χ0n) is 15.3. The molecule has 0 amide bonds. The Kier molecular flexibility index (Phi) is 4.61. The summed E-state index contributed by atoms with van der Waals surface area (Å²) in [4.78, 5) is 4.57. The molecule has 2 heterocycles. The van der Waals surface area contributed by atoms with Crippen LogP contribution < -0.4 is 5.32 Å². The molecule has 0 aliphatic rings. The lowest BCUT2D eigenvalue weighted by molar-refractivity contribution is 0.923. The molecule has 6 heteroatoms. The Morgan fingerprint density at radius 1 is 0.963 bits per heavy atom. The molecule has 0 aliphatic heterocycles. The van der Waals surface area contributed by atoms with Crippen LogP contribution >= 0.6 is 0 Å². The fourth-order valence-corrected chi connectivity index (χ4v) is 2.87. The van der Waals surface area contributed by atoms with Crippen LogP contribution in [0.3, 0.4) is 0 Å². The summed E-state index contributed by atoms with van der Waals surface area (Å²) in [6.07, 6.45) is 1.68. The highest BCUT2D eigenvalue weighted by molar-refractivity contribution is 5.63. The lowest BCUT2D eigenvalue weighted by atomic mass is 10.1. The molecule has 0 saturated heterocycles. The fourth-order valence-electron chi connectivity index (χ4n) is 2.87. The van der Waals surface area contributed by atoms with Crippen molar-refractivity contribution in [1.82, 2.24) is 25.4 Å². The maximum absolute atomic E-state index is 4.57. The number of rotatable bonds is 5. The summed E-state index contributed by atoms with van der Waals surface area (Å²) in [7, 11) is 0. The van der Waals surface area contributed by atoms with Crippen molar-refractivity contribution in [2.75, 3.05) is 5.32 Å². The van der Waals surface area contributed by atoms with E-state index in [1.54, 1.807) is 6.20 Å². The molecule has 0 saturated carbocycles. The summed E-state index contributed by atoms with van der Waals surface area (Å²) in [5.74, 6) is 0.488. The van der Waals surface area contributed by atoms with Gasteiger partial charge in [0.15, 0.2) is 0 Å². The number of nitrogens with zero attached hydrogens (tertiary/aromatic N) is 4. The Balaban J connectivity index is 1.47. The van der Waals surface area contributed by atoms with Crippen LogP contribution in [-0.4, -0.2) is 25.4 Å². The van der Waals surface area contributed by atoms with Crippen LogP contribution in [0.15, 0.2) is 60.8 Å². The minimum Gasteiger partial charge on any atom is -0.347 e. The van der Waals surface area contributed by atoms with Gasteiger partial charge in [-0.05, 0) is 25.5 Å². The maximum Gasteiger partial charge on any atom is 0.243 e. The standard InChI is InChI=1S/C21H20N6/c1-14-7-9-16(10-8-14)19-11-17(25-26-19)12-22-21-24-20(13-23-27-21)18-6-4-3-5-15(18)2/h3-11,13H,12H2,1-2H3,(H,25,26)(H,22,24,27). The molecule has 0 spiro atoms. The van der Waals surface area contributed by atoms with E-state index < -0.39 is 0 Å². The van der Waals surface area contributed by atoms with Gasteiger partial charge in [-0.3, -0.25) is 5.10 Å². The van der Waals surface area contributed by atoms with Crippen molar-refractivity contribution < 1.29 is 0 Å². The predicted molar refractivity (Wildman–Crippen MR) is 106 cm³/mol. The number of nitrogens with one attached hydrogen (secondary N) is 2. The average molecular weight is 356 g/mol. The van der Waals surface area contributed by atoms with Gasteiger partial charge in [-0.15, -0.1) is 5.10 Å². The molecule has 27 heavy (non-hydrogen) atoms. The fraction of sp³-hybridized carbons (Fsp3) is 0.143. The van der Waals surface area contributed by atoms with E-state index in [1.807, 2.05) is 24.3 Å². The van der Waals surface area contributed by atoms with E-state index in [1.165, 1.54) is 5.56 Å². The number of anilines is 1. The smallest absolute Gasteiger partial charge is 0.243 e. The van der Waals surface area contributed by atoms with Crippen LogP contribution in [0.25, 0.3) is 22.5 Å². The van der Waals surface area contributed by atoms with Gasteiger partial charge in [0.05, 0.1) is 29.8 Å². The third kappa shape index (κ3) is 3.84. The van der Waals surface area contributed by atoms with E-state index in [4.69, 9.17) is 0 Å². The second-order valence-corrected chi connectivity index (χ2v) is 6.48. The second kappa shape index (κ2) is 7.37. The minimum absolute atomic E-state index is 0.488. The molecule has 2 N–H and O–H groups in total. The van der Waals surface area contributed by atoms with Crippen molar-refractivity contribution >= 4 is 5.95 Å². The van der Waals surface area contributed by atoms with Crippen LogP contribution in [0.2, 0.25) is 0 Å². The summed E-state index contributed by atoms with van der Waals surface area (Å²) < 4.78 is 0. The van der Waals surface area contributed by atoms with E-state index in [2.05, 4.69) is 74.9 Å². The number of H-pyrrole nitrogens is 1. The highest BCUT2D eigenvalue weighted by Gasteiger charge is 2.07. The Morgan fingerprint density at radius 2 is 1.78 bits per heavy atom. The van der Waals surface area contributed by atoms with E-state index >= 15 is 0 Å². The maximum atomic E-state index is 4.57. The van der Waals surface area contributed by atoms with Crippen LogP contribution in [-0.2, 0) is 6.54 Å². The molecule has 2 aromatic heterocycles.